The van der Waals surface area contributed by atoms with E-state index in [0.717, 1.165) is 48.0 Å². The lowest BCUT2D eigenvalue weighted by Gasteiger charge is -2.31. The number of esters is 2. The molecular formula is C32H40O6. The number of benzene rings is 2. The minimum Gasteiger partial charge on any atom is -0.489 e. The number of hydrogen-bond donors (Lipinski definition) is 0. The maximum absolute atomic E-state index is 12.1. The Morgan fingerprint density at radius 1 is 1.00 bits per heavy atom. The molecule has 2 aromatic carbocycles. The number of carbonyl (C=O) groups excluding carboxylic acids is 2. The van der Waals surface area contributed by atoms with Crippen LogP contribution in [0.2, 0.25) is 0 Å². The van der Waals surface area contributed by atoms with Gasteiger partial charge in [-0.15, -0.1) is 0 Å². The molecule has 0 N–H and O–H groups in total. The van der Waals surface area contributed by atoms with Gasteiger partial charge in [-0.3, -0.25) is 0 Å². The maximum atomic E-state index is 12.1. The van der Waals surface area contributed by atoms with Crippen molar-refractivity contribution in [3.63, 3.8) is 0 Å². The van der Waals surface area contributed by atoms with Crippen LogP contribution in [0.1, 0.15) is 83.4 Å². The number of ether oxygens (including phenoxy) is 4. The SMILES string of the molecule is C=C(C)C(=O)OC(C)COc1c2c(c(OCC(C)OC(=O)C(=C)C)c3c(CC)cccc13)C1CCC2(C)C1. The zero-order chi connectivity index (χ0) is 27.8. The van der Waals surface area contributed by atoms with Crippen molar-refractivity contribution >= 4 is 22.7 Å². The van der Waals surface area contributed by atoms with Crippen LogP contribution in [0.3, 0.4) is 0 Å². The third-order valence-electron chi connectivity index (χ3n) is 7.74. The van der Waals surface area contributed by atoms with E-state index in [9.17, 15) is 9.59 Å². The second kappa shape index (κ2) is 10.8. The van der Waals surface area contributed by atoms with E-state index < -0.39 is 24.1 Å². The minimum absolute atomic E-state index is 0.0144. The van der Waals surface area contributed by atoms with Crippen LogP contribution in [0.15, 0.2) is 42.5 Å². The third kappa shape index (κ3) is 5.18. The van der Waals surface area contributed by atoms with Crippen LogP contribution in [0.5, 0.6) is 11.5 Å². The topological polar surface area (TPSA) is 71.1 Å². The highest BCUT2D eigenvalue weighted by molar-refractivity contribution is 5.99. The monoisotopic (exact) mass is 520 g/mol. The van der Waals surface area contributed by atoms with E-state index in [1.54, 1.807) is 13.8 Å². The van der Waals surface area contributed by atoms with Crippen molar-refractivity contribution in [3.8, 4) is 11.5 Å². The molecule has 2 bridgehead atoms. The first-order chi connectivity index (χ1) is 18.0. The van der Waals surface area contributed by atoms with Crippen LogP contribution in [0.25, 0.3) is 10.8 Å². The molecule has 4 unspecified atom stereocenters. The average Bonchev–Trinajstić information content (AvgIpc) is 3.39. The molecule has 0 heterocycles. The molecular weight excluding hydrogens is 480 g/mol. The van der Waals surface area contributed by atoms with E-state index in [0.29, 0.717) is 17.1 Å². The molecule has 204 valence electrons. The molecule has 1 fully saturated rings. The summed E-state index contributed by atoms with van der Waals surface area (Å²) in [6.45, 7) is 19.2. The summed E-state index contributed by atoms with van der Waals surface area (Å²) in [5, 5.41) is 2.04. The highest BCUT2D eigenvalue weighted by Crippen LogP contribution is 2.64. The highest BCUT2D eigenvalue weighted by Gasteiger charge is 2.50. The van der Waals surface area contributed by atoms with Gasteiger partial charge in [0.1, 0.15) is 36.9 Å². The molecule has 6 heteroatoms. The molecule has 0 spiro atoms. The lowest BCUT2D eigenvalue weighted by molar-refractivity contribution is -0.145. The molecule has 0 amide bonds. The lowest BCUT2D eigenvalue weighted by atomic mass is 9.78. The van der Waals surface area contributed by atoms with Crippen LogP contribution in [-0.2, 0) is 30.9 Å². The second-order valence-corrected chi connectivity index (χ2v) is 11.3. The predicted molar refractivity (Wildman–Crippen MR) is 149 cm³/mol. The summed E-state index contributed by atoms with van der Waals surface area (Å²) in [4.78, 5) is 24.1. The smallest absolute Gasteiger partial charge is 0.333 e. The molecule has 2 aliphatic carbocycles. The Kier molecular flexibility index (Phi) is 7.91. The van der Waals surface area contributed by atoms with Crippen molar-refractivity contribution in [1.82, 2.24) is 0 Å². The van der Waals surface area contributed by atoms with Crippen molar-refractivity contribution in [2.45, 2.75) is 90.8 Å². The van der Waals surface area contributed by atoms with E-state index in [2.05, 4.69) is 45.2 Å². The summed E-state index contributed by atoms with van der Waals surface area (Å²) in [5.74, 6) is 1.30. The van der Waals surface area contributed by atoms with Crippen LogP contribution < -0.4 is 9.47 Å². The van der Waals surface area contributed by atoms with E-state index >= 15 is 0 Å². The van der Waals surface area contributed by atoms with Crippen LogP contribution in [0.4, 0.5) is 0 Å². The Labute approximate surface area is 226 Å². The van der Waals surface area contributed by atoms with Crippen molar-refractivity contribution in [2.75, 3.05) is 13.2 Å². The summed E-state index contributed by atoms with van der Waals surface area (Å²) in [6.07, 6.45) is 3.23. The van der Waals surface area contributed by atoms with Crippen LogP contribution in [-0.4, -0.2) is 37.4 Å². The largest absolute Gasteiger partial charge is 0.489 e. The summed E-state index contributed by atoms with van der Waals surface area (Å²) in [5.41, 5.74) is 4.31. The standard InChI is InChI=1S/C32H40O6/c1-9-22-11-10-12-24-25(22)29(36-17-21(7)38-31(34)19(4)5)26-23-13-14-32(8,15-23)27(26)28(24)35-16-20(6)37-30(33)18(2)3/h10-12,20-21,23H,2,4,9,13-17H2,1,3,5-8H3. The Balaban J connectivity index is 1.77. The van der Waals surface area contributed by atoms with Gasteiger partial charge in [-0.25, -0.2) is 9.59 Å². The zero-order valence-electron chi connectivity index (χ0n) is 23.6. The summed E-state index contributed by atoms with van der Waals surface area (Å²) in [6, 6.07) is 6.27. The van der Waals surface area contributed by atoms with Crippen molar-refractivity contribution < 1.29 is 28.5 Å². The number of hydrogen-bond acceptors (Lipinski definition) is 6. The molecule has 0 radical (unpaired) electrons. The van der Waals surface area contributed by atoms with Gasteiger partial charge >= 0.3 is 11.9 Å². The van der Waals surface area contributed by atoms with Gasteiger partial charge in [0.15, 0.2) is 0 Å². The third-order valence-corrected chi connectivity index (χ3v) is 7.74. The van der Waals surface area contributed by atoms with Crippen molar-refractivity contribution in [3.05, 3.63) is 59.2 Å². The minimum atomic E-state index is -0.426. The first kappa shape index (κ1) is 27.7. The number of aryl methyl sites for hydroxylation is 1. The van der Waals surface area contributed by atoms with Crippen molar-refractivity contribution in [1.29, 1.82) is 0 Å². The van der Waals surface area contributed by atoms with Gasteiger partial charge in [-0.2, -0.15) is 0 Å². The predicted octanol–water partition coefficient (Wildman–Crippen LogP) is 6.71. The Morgan fingerprint density at radius 2 is 1.58 bits per heavy atom. The quantitative estimate of drug-likeness (QED) is 0.242. The second-order valence-electron chi connectivity index (χ2n) is 11.3. The molecule has 2 aromatic rings. The van der Waals surface area contributed by atoms with Crippen LogP contribution >= 0.6 is 0 Å². The molecule has 38 heavy (non-hydrogen) atoms. The Morgan fingerprint density at radius 3 is 2.13 bits per heavy atom. The van der Waals surface area contributed by atoms with E-state index in [1.807, 2.05) is 13.8 Å². The fraction of sp³-hybridized carbons (Fsp3) is 0.500. The first-order valence-corrected chi connectivity index (χ1v) is 13.6. The lowest BCUT2D eigenvalue weighted by Crippen LogP contribution is -2.25. The normalized spacial score (nSPS) is 20.9. The van der Waals surface area contributed by atoms with Crippen LogP contribution in [0, 0.1) is 0 Å². The van der Waals surface area contributed by atoms with Gasteiger partial charge in [0, 0.05) is 33.0 Å². The van der Waals surface area contributed by atoms with E-state index in [4.69, 9.17) is 18.9 Å². The fourth-order valence-corrected chi connectivity index (χ4v) is 5.90. The van der Waals surface area contributed by atoms with E-state index in [1.165, 1.54) is 16.7 Å². The Bertz CT molecular complexity index is 1290. The Hall–Kier alpha value is -3.28. The molecule has 0 aromatic heterocycles. The number of carbonyl (C=O) groups is 2. The summed E-state index contributed by atoms with van der Waals surface area (Å²) >= 11 is 0. The molecule has 1 saturated carbocycles. The molecule has 0 saturated heterocycles. The molecule has 4 rings (SSSR count). The van der Waals surface area contributed by atoms with Gasteiger partial charge < -0.3 is 18.9 Å². The van der Waals surface area contributed by atoms with Gasteiger partial charge in [-0.1, -0.05) is 45.2 Å². The van der Waals surface area contributed by atoms with Gasteiger partial charge in [-0.05, 0) is 70.3 Å². The molecule has 4 atom stereocenters. The fourth-order valence-electron chi connectivity index (χ4n) is 5.90. The van der Waals surface area contributed by atoms with E-state index in [-0.39, 0.29) is 18.6 Å². The summed E-state index contributed by atoms with van der Waals surface area (Å²) < 4.78 is 24.1. The highest BCUT2D eigenvalue weighted by atomic mass is 16.6. The molecule has 2 aliphatic rings. The molecule has 6 nitrogen and oxygen atoms in total. The number of fused-ring (bicyclic) bond motifs is 6. The summed E-state index contributed by atoms with van der Waals surface area (Å²) in [7, 11) is 0. The number of rotatable bonds is 11. The van der Waals surface area contributed by atoms with Gasteiger partial charge in [0.05, 0.1) is 0 Å². The maximum Gasteiger partial charge on any atom is 0.333 e. The average molecular weight is 521 g/mol. The van der Waals surface area contributed by atoms with Gasteiger partial charge in [0.2, 0.25) is 0 Å². The van der Waals surface area contributed by atoms with Gasteiger partial charge in [0.25, 0.3) is 0 Å². The first-order valence-electron chi connectivity index (χ1n) is 13.6. The molecule has 0 aliphatic heterocycles. The zero-order valence-corrected chi connectivity index (χ0v) is 23.6. The van der Waals surface area contributed by atoms with Crippen molar-refractivity contribution in [2.24, 2.45) is 0 Å².